The molecule has 1 saturated carbocycles. The normalized spacial score (nSPS) is 22.7. The number of aliphatic hydroxyl groups is 1. The second-order valence-electron chi connectivity index (χ2n) is 7.80. The zero-order valence-corrected chi connectivity index (χ0v) is 16.9. The Morgan fingerprint density at radius 1 is 1.17 bits per heavy atom. The molecular formula is C25H24N2O3. The van der Waals surface area contributed by atoms with Crippen LogP contribution in [0.1, 0.15) is 41.9 Å². The van der Waals surface area contributed by atoms with Crippen LogP contribution in [0.3, 0.4) is 0 Å². The number of carbonyl (C=O) groups excluding carboxylic acids is 1. The number of carbonyl (C=O) groups is 1. The second-order valence-corrected chi connectivity index (χ2v) is 7.80. The molecule has 2 aliphatic rings. The quantitative estimate of drug-likeness (QED) is 0.801. The second kappa shape index (κ2) is 8.61. The fourth-order valence-corrected chi connectivity index (χ4v) is 4.25. The average Bonchev–Trinajstić information content (AvgIpc) is 2.72. The first kappa shape index (κ1) is 20.0. The summed E-state index contributed by atoms with van der Waals surface area (Å²) in [5, 5.41) is 19.6. The molecule has 2 fully saturated rings. The van der Waals surface area contributed by atoms with Crippen LogP contribution in [0.15, 0.2) is 48.5 Å². The van der Waals surface area contributed by atoms with Gasteiger partial charge in [0.25, 0.3) is 0 Å². The van der Waals surface area contributed by atoms with Gasteiger partial charge in [0.05, 0.1) is 31.4 Å². The van der Waals surface area contributed by atoms with Crippen LogP contribution in [0.4, 0.5) is 0 Å². The van der Waals surface area contributed by atoms with Crippen LogP contribution in [0.25, 0.3) is 0 Å². The molecule has 1 saturated heterocycles. The molecule has 152 valence electrons. The summed E-state index contributed by atoms with van der Waals surface area (Å²) in [5.41, 5.74) is 2.61. The lowest BCUT2D eigenvalue weighted by Gasteiger charge is -2.53. The smallest absolute Gasteiger partial charge is 0.227 e. The topological polar surface area (TPSA) is 73.6 Å². The van der Waals surface area contributed by atoms with Gasteiger partial charge in [-0.2, -0.15) is 5.26 Å². The van der Waals surface area contributed by atoms with E-state index in [9.17, 15) is 15.2 Å². The molecule has 5 nitrogen and oxygen atoms in total. The van der Waals surface area contributed by atoms with Crippen LogP contribution < -0.4 is 4.74 Å². The minimum atomic E-state index is -0.527. The molecule has 2 aromatic carbocycles. The summed E-state index contributed by atoms with van der Waals surface area (Å²) in [4.78, 5) is 14.3. The predicted octanol–water partition coefficient (Wildman–Crippen LogP) is 3.07. The van der Waals surface area contributed by atoms with Gasteiger partial charge in [0.15, 0.2) is 0 Å². The van der Waals surface area contributed by atoms with Crippen molar-refractivity contribution in [3.8, 4) is 23.7 Å². The van der Waals surface area contributed by atoms with E-state index in [1.807, 2.05) is 48.5 Å². The molecule has 0 radical (unpaired) electrons. The Hall–Kier alpha value is -3.28. The summed E-state index contributed by atoms with van der Waals surface area (Å²) in [5.74, 6) is 6.84. The first-order valence-corrected chi connectivity index (χ1v) is 10.3. The maximum atomic E-state index is 12.7. The first-order valence-electron chi connectivity index (χ1n) is 10.3. The van der Waals surface area contributed by atoms with E-state index in [1.54, 1.807) is 12.0 Å². The highest BCUT2D eigenvalue weighted by atomic mass is 16.5. The van der Waals surface area contributed by atoms with Gasteiger partial charge in [-0.25, -0.2) is 0 Å². The summed E-state index contributed by atoms with van der Waals surface area (Å²) < 4.78 is 5.32. The van der Waals surface area contributed by atoms with Crippen LogP contribution >= 0.6 is 0 Å². The van der Waals surface area contributed by atoms with Gasteiger partial charge < -0.3 is 14.7 Å². The Morgan fingerprint density at radius 2 is 1.90 bits per heavy atom. The maximum absolute atomic E-state index is 12.7. The summed E-state index contributed by atoms with van der Waals surface area (Å²) in [7, 11) is 1.62. The van der Waals surface area contributed by atoms with Crippen molar-refractivity contribution in [2.75, 3.05) is 13.7 Å². The average molecular weight is 400 g/mol. The fraction of sp³-hybridized carbons (Fsp3) is 0.360. The molecule has 1 amide bonds. The molecular weight excluding hydrogens is 376 g/mol. The van der Waals surface area contributed by atoms with Gasteiger partial charge in [0.1, 0.15) is 11.8 Å². The molecule has 0 unspecified atom stereocenters. The zero-order valence-electron chi connectivity index (χ0n) is 16.9. The van der Waals surface area contributed by atoms with Gasteiger partial charge in [0, 0.05) is 17.4 Å². The number of methoxy groups -OCH3 is 1. The number of rotatable bonds is 4. The van der Waals surface area contributed by atoms with Crippen molar-refractivity contribution in [2.45, 2.75) is 37.3 Å². The third-order valence-corrected chi connectivity index (χ3v) is 6.18. The Balaban J connectivity index is 1.52. The molecule has 0 spiro atoms. The molecule has 0 bridgehead atoms. The molecule has 0 aromatic heterocycles. The summed E-state index contributed by atoms with van der Waals surface area (Å²) in [6.45, 7) is -0.142. The monoisotopic (exact) mass is 400 g/mol. The number of nitriles is 1. The van der Waals surface area contributed by atoms with E-state index in [0.717, 1.165) is 41.7 Å². The number of aliphatic hydroxyl groups excluding tert-OH is 1. The van der Waals surface area contributed by atoms with Gasteiger partial charge in [-0.3, -0.25) is 4.79 Å². The van der Waals surface area contributed by atoms with Gasteiger partial charge in [0.2, 0.25) is 5.91 Å². The number of ether oxygens (including phenoxy) is 1. The largest absolute Gasteiger partial charge is 0.495 e. The Bertz CT molecular complexity index is 1020. The lowest BCUT2D eigenvalue weighted by atomic mass is 9.73. The van der Waals surface area contributed by atoms with Gasteiger partial charge >= 0.3 is 0 Å². The lowest BCUT2D eigenvalue weighted by Crippen LogP contribution is -2.66. The van der Waals surface area contributed by atoms with Crippen LogP contribution in [0.2, 0.25) is 0 Å². The number of nitrogens with zero attached hydrogens (tertiary/aromatic N) is 2. The number of amides is 1. The molecule has 30 heavy (non-hydrogen) atoms. The Labute approximate surface area is 176 Å². The van der Waals surface area contributed by atoms with Crippen molar-refractivity contribution in [3.63, 3.8) is 0 Å². The van der Waals surface area contributed by atoms with Crippen LogP contribution in [0.5, 0.6) is 5.75 Å². The molecule has 2 aromatic rings. The van der Waals surface area contributed by atoms with Gasteiger partial charge in [-0.1, -0.05) is 42.5 Å². The molecule has 3 atom stereocenters. The molecule has 1 aliphatic carbocycles. The third-order valence-electron chi connectivity index (χ3n) is 6.18. The Morgan fingerprint density at radius 3 is 2.50 bits per heavy atom. The molecule has 1 N–H and O–H groups in total. The van der Waals surface area contributed by atoms with Crippen molar-refractivity contribution in [1.82, 2.24) is 4.90 Å². The van der Waals surface area contributed by atoms with Crippen molar-refractivity contribution >= 4 is 5.91 Å². The fourth-order valence-electron chi connectivity index (χ4n) is 4.25. The van der Waals surface area contributed by atoms with E-state index in [4.69, 9.17) is 4.74 Å². The number of para-hydroxylation sites is 1. The highest BCUT2D eigenvalue weighted by Gasteiger charge is 2.53. The number of hydrogen-bond acceptors (Lipinski definition) is 4. The lowest BCUT2D eigenvalue weighted by molar-refractivity contribution is -0.154. The summed E-state index contributed by atoms with van der Waals surface area (Å²) in [6.07, 6.45) is 2.83. The minimum Gasteiger partial charge on any atom is -0.495 e. The first-order chi connectivity index (χ1) is 14.7. The highest BCUT2D eigenvalue weighted by molar-refractivity contribution is 5.82. The highest BCUT2D eigenvalue weighted by Crippen LogP contribution is 2.43. The van der Waals surface area contributed by atoms with E-state index in [2.05, 4.69) is 17.9 Å². The van der Waals surface area contributed by atoms with Crippen LogP contribution in [0, 0.1) is 29.1 Å². The molecule has 4 rings (SSSR count). The van der Waals surface area contributed by atoms with E-state index in [1.165, 1.54) is 0 Å². The van der Waals surface area contributed by atoms with E-state index < -0.39 is 6.04 Å². The minimum absolute atomic E-state index is 0.0161. The third kappa shape index (κ3) is 3.54. The van der Waals surface area contributed by atoms with Crippen LogP contribution in [-0.4, -0.2) is 41.7 Å². The van der Waals surface area contributed by atoms with Crippen molar-refractivity contribution in [1.29, 1.82) is 5.26 Å². The number of likely N-dealkylation sites (tertiary alicyclic amines) is 1. The van der Waals surface area contributed by atoms with Crippen molar-refractivity contribution in [2.24, 2.45) is 5.92 Å². The standard InChI is InChI=1S/C25H24N2O3/c1-30-23-8-3-2-5-18(23)12-9-17-10-13-19(14-11-17)24-21(15-26)27(22(24)16-28)25(29)20-6-4-7-20/h2-3,5,8,10-11,13-14,20-22,24,28H,4,6-7,16H2,1H3/t21-,22-,24-/m1/s1. The van der Waals surface area contributed by atoms with Gasteiger partial charge in [-0.05, 0) is 42.7 Å². The Kier molecular flexibility index (Phi) is 5.74. The molecule has 1 aliphatic heterocycles. The SMILES string of the molecule is COc1ccccc1C#Cc1ccc([C@@H]2[C@@H](C#N)N(C(=O)C3CCC3)[C@@H]2CO)cc1. The zero-order chi connectivity index (χ0) is 21.1. The summed E-state index contributed by atoms with van der Waals surface area (Å²) in [6, 6.07) is 16.7. The van der Waals surface area contributed by atoms with E-state index >= 15 is 0 Å². The summed E-state index contributed by atoms with van der Waals surface area (Å²) >= 11 is 0. The number of hydrogen-bond donors (Lipinski definition) is 1. The van der Waals surface area contributed by atoms with E-state index in [0.29, 0.717) is 0 Å². The maximum Gasteiger partial charge on any atom is 0.227 e. The van der Waals surface area contributed by atoms with Crippen molar-refractivity contribution < 1.29 is 14.6 Å². The molecule has 1 heterocycles. The van der Waals surface area contributed by atoms with E-state index in [-0.39, 0.29) is 30.4 Å². The number of benzene rings is 2. The molecule has 5 heteroatoms. The predicted molar refractivity (Wildman–Crippen MR) is 113 cm³/mol. The van der Waals surface area contributed by atoms with Crippen LogP contribution in [-0.2, 0) is 4.79 Å². The van der Waals surface area contributed by atoms with Crippen molar-refractivity contribution in [3.05, 3.63) is 65.2 Å². The van der Waals surface area contributed by atoms with Gasteiger partial charge in [-0.15, -0.1) is 0 Å².